The number of carbonyl (C=O) groups is 2. The molecule has 2 aliphatic carbocycles. The maximum Gasteiger partial charge on any atom is 0.252 e. The second-order valence-corrected chi connectivity index (χ2v) is 11.9. The van der Waals surface area contributed by atoms with Crippen molar-refractivity contribution in [3.05, 3.63) is 74.7 Å². The number of amides is 1. The summed E-state index contributed by atoms with van der Waals surface area (Å²) in [5.74, 6) is -0.0665. The minimum atomic E-state index is -0.475. The largest absolute Gasteiger partial charge is 0.508 e. The summed E-state index contributed by atoms with van der Waals surface area (Å²) in [7, 11) is 0. The number of nitrogens with one attached hydrogen (secondary N) is 1. The van der Waals surface area contributed by atoms with Crippen molar-refractivity contribution in [1.82, 2.24) is 5.32 Å². The summed E-state index contributed by atoms with van der Waals surface area (Å²) >= 11 is 1.65. The fourth-order valence-electron chi connectivity index (χ4n) is 5.95. The van der Waals surface area contributed by atoms with Gasteiger partial charge >= 0.3 is 0 Å². The van der Waals surface area contributed by atoms with Gasteiger partial charge in [0.2, 0.25) is 0 Å². The molecule has 0 unspecified atom stereocenters. The average Bonchev–Trinajstić information content (AvgIpc) is 3.01. The lowest BCUT2D eigenvalue weighted by Crippen LogP contribution is -2.57. The molecule has 2 aliphatic rings. The number of ketones is 1. The number of halogens is 1. The Kier molecular flexibility index (Phi) is 6.04. The lowest BCUT2D eigenvalue weighted by molar-refractivity contribution is -0.134. The van der Waals surface area contributed by atoms with Crippen LogP contribution < -0.4 is 5.32 Å². The number of carbonyl (C=O) groups excluding carboxylic acids is 2. The summed E-state index contributed by atoms with van der Waals surface area (Å²) in [4.78, 5) is 27.0. The van der Waals surface area contributed by atoms with E-state index in [1.165, 1.54) is 6.07 Å². The van der Waals surface area contributed by atoms with Crippen LogP contribution in [-0.4, -0.2) is 22.8 Å². The number of Topliss-reactive ketones (excluding diaryl/α,β-unsaturated/α-hetero) is 1. The average molecular weight is 492 g/mol. The summed E-state index contributed by atoms with van der Waals surface area (Å²) < 4.78 is 13.7. The number of hydrogen-bond donors (Lipinski definition) is 2. The molecule has 2 fully saturated rings. The summed E-state index contributed by atoms with van der Waals surface area (Å²) in [6, 6.07) is 12.0. The SMILES string of the molecule is CC(=O)C1CC2(CC(NC(=O)c3c(C)sc(C)c3Cc3ccc(-c4cc(O)cc(F)c4)cc3)C2)C1. The molecule has 1 amide bonds. The van der Waals surface area contributed by atoms with Crippen LogP contribution in [0.25, 0.3) is 11.1 Å². The highest BCUT2D eigenvalue weighted by Gasteiger charge is 2.54. The molecule has 0 bridgehead atoms. The van der Waals surface area contributed by atoms with Crippen LogP contribution in [0.3, 0.4) is 0 Å². The predicted octanol–water partition coefficient (Wildman–Crippen LogP) is 6.35. The van der Waals surface area contributed by atoms with Crippen molar-refractivity contribution >= 4 is 23.0 Å². The van der Waals surface area contributed by atoms with Crippen LogP contribution in [0.1, 0.15) is 63.8 Å². The molecule has 4 nitrogen and oxygen atoms in total. The molecule has 1 aromatic heterocycles. The first-order valence-corrected chi connectivity index (χ1v) is 12.9. The van der Waals surface area contributed by atoms with E-state index in [0.717, 1.165) is 63.8 Å². The molecule has 1 heterocycles. The Labute approximate surface area is 209 Å². The quantitative estimate of drug-likeness (QED) is 0.423. The number of aryl methyl sites for hydroxylation is 2. The zero-order valence-electron chi connectivity index (χ0n) is 20.3. The third-order valence-electron chi connectivity index (χ3n) is 7.79. The zero-order chi connectivity index (χ0) is 24.9. The highest BCUT2D eigenvalue weighted by Crippen LogP contribution is 2.58. The summed E-state index contributed by atoms with van der Waals surface area (Å²) in [6.07, 6.45) is 4.53. The van der Waals surface area contributed by atoms with Gasteiger partial charge in [-0.2, -0.15) is 0 Å². The molecule has 0 radical (unpaired) electrons. The van der Waals surface area contributed by atoms with Crippen LogP contribution in [0.4, 0.5) is 4.39 Å². The van der Waals surface area contributed by atoms with Gasteiger partial charge in [0.05, 0.1) is 5.56 Å². The lowest BCUT2D eigenvalue weighted by atomic mass is 9.49. The van der Waals surface area contributed by atoms with E-state index < -0.39 is 5.82 Å². The number of aromatic hydroxyl groups is 1. The molecule has 2 saturated carbocycles. The van der Waals surface area contributed by atoms with Gasteiger partial charge in [0.15, 0.2) is 0 Å². The molecule has 6 heteroatoms. The fraction of sp³-hybridized carbons (Fsp3) is 0.379. The Hall–Kier alpha value is -2.99. The van der Waals surface area contributed by atoms with Gasteiger partial charge in [-0.25, -0.2) is 4.39 Å². The second kappa shape index (κ2) is 8.90. The van der Waals surface area contributed by atoms with E-state index in [9.17, 15) is 19.1 Å². The molecule has 182 valence electrons. The lowest BCUT2D eigenvalue weighted by Gasteiger charge is -2.57. The number of phenols is 1. The number of hydrogen-bond acceptors (Lipinski definition) is 4. The van der Waals surface area contributed by atoms with Crippen LogP contribution >= 0.6 is 11.3 Å². The highest BCUT2D eigenvalue weighted by molar-refractivity contribution is 7.12. The maximum absolute atomic E-state index is 13.7. The van der Waals surface area contributed by atoms with Gasteiger partial charge in [-0.05, 0) is 92.7 Å². The molecule has 0 saturated heterocycles. The molecular formula is C29H30FNO3S. The van der Waals surface area contributed by atoms with Crippen molar-refractivity contribution in [3.63, 3.8) is 0 Å². The van der Waals surface area contributed by atoms with Gasteiger partial charge < -0.3 is 10.4 Å². The van der Waals surface area contributed by atoms with Gasteiger partial charge in [0, 0.05) is 27.8 Å². The summed E-state index contributed by atoms with van der Waals surface area (Å²) in [5.41, 5.74) is 4.62. The van der Waals surface area contributed by atoms with Crippen LogP contribution in [0, 0.1) is 31.0 Å². The molecule has 2 aromatic carbocycles. The van der Waals surface area contributed by atoms with Gasteiger partial charge in [-0.1, -0.05) is 24.3 Å². The number of thiophene rings is 1. The number of rotatable bonds is 6. The first kappa shape index (κ1) is 23.7. The van der Waals surface area contributed by atoms with Crippen molar-refractivity contribution in [1.29, 1.82) is 0 Å². The smallest absolute Gasteiger partial charge is 0.252 e. The van der Waals surface area contributed by atoms with Crippen LogP contribution in [0.5, 0.6) is 5.75 Å². The zero-order valence-corrected chi connectivity index (χ0v) is 21.1. The molecule has 0 atom stereocenters. The molecular weight excluding hydrogens is 461 g/mol. The van der Waals surface area contributed by atoms with Crippen LogP contribution in [0.2, 0.25) is 0 Å². The van der Waals surface area contributed by atoms with Crippen molar-refractivity contribution in [3.8, 4) is 16.9 Å². The Bertz CT molecular complexity index is 1280. The Morgan fingerprint density at radius 1 is 1.03 bits per heavy atom. The Morgan fingerprint density at radius 2 is 1.71 bits per heavy atom. The standard InChI is InChI=1S/C29H30FNO3S/c1-16(32)22-12-29(13-22)14-24(15-29)31-28(34)27-18(3)35-17(2)26(27)8-19-4-6-20(7-5-19)21-9-23(30)11-25(33)10-21/h4-7,9-11,22,24,33H,8,12-15H2,1-3H3,(H,31,34). The van der Waals surface area contributed by atoms with Crippen molar-refractivity contribution in [2.24, 2.45) is 11.3 Å². The van der Waals surface area contributed by atoms with Gasteiger partial charge in [-0.3, -0.25) is 9.59 Å². The molecule has 3 aromatic rings. The highest BCUT2D eigenvalue weighted by atomic mass is 32.1. The Balaban J connectivity index is 1.27. The van der Waals surface area contributed by atoms with E-state index in [-0.39, 0.29) is 29.0 Å². The second-order valence-electron chi connectivity index (χ2n) is 10.4. The van der Waals surface area contributed by atoms with E-state index in [2.05, 4.69) is 12.2 Å². The van der Waals surface area contributed by atoms with E-state index in [4.69, 9.17) is 0 Å². The van der Waals surface area contributed by atoms with Crippen molar-refractivity contribution < 1.29 is 19.1 Å². The number of benzene rings is 2. The van der Waals surface area contributed by atoms with Gasteiger partial charge in [-0.15, -0.1) is 11.3 Å². The van der Waals surface area contributed by atoms with Crippen LogP contribution in [-0.2, 0) is 11.2 Å². The third-order valence-corrected chi connectivity index (χ3v) is 8.85. The minimum Gasteiger partial charge on any atom is -0.508 e. The van der Waals surface area contributed by atoms with E-state index in [1.807, 2.05) is 31.2 Å². The van der Waals surface area contributed by atoms with Crippen molar-refractivity contribution in [2.75, 3.05) is 0 Å². The monoisotopic (exact) mass is 491 g/mol. The molecule has 5 rings (SSSR count). The fourth-order valence-corrected chi connectivity index (χ4v) is 7.03. The van der Waals surface area contributed by atoms with Gasteiger partial charge in [0.25, 0.3) is 5.91 Å². The first-order valence-electron chi connectivity index (χ1n) is 12.1. The van der Waals surface area contributed by atoms with Gasteiger partial charge in [0.1, 0.15) is 17.3 Å². The predicted molar refractivity (Wildman–Crippen MR) is 136 cm³/mol. The number of phenolic OH excluding ortho intramolecular Hbond substituents is 1. The topological polar surface area (TPSA) is 66.4 Å². The normalized spacial score (nSPS) is 23.0. The Morgan fingerprint density at radius 3 is 2.34 bits per heavy atom. The van der Waals surface area contributed by atoms with E-state index in [0.29, 0.717) is 17.8 Å². The molecule has 2 N–H and O–H groups in total. The van der Waals surface area contributed by atoms with E-state index >= 15 is 0 Å². The van der Waals surface area contributed by atoms with Crippen LogP contribution in [0.15, 0.2) is 42.5 Å². The third kappa shape index (κ3) is 4.64. The molecule has 0 aliphatic heterocycles. The summed E-state index contributed by atoms with van der Waals surface area (Å²) in [6.45, 7) is 5.74. The van der Waals surface area contributed by atoms with E-state index in [1.54, 1.807) is 24.3 Å². The summed E-state index contributed by atoms with van der Waals surface area (Å²) in [5, 5.41) is 12.9. The minimum absolute atomic E-state index is 0.00371. The first-order chi connectivity index (χ1) is 16.6. The van der Waals surface area contributed by atoms with Crippen molar-refractivity contribution in [2.45, 2.75) is 58.9 Å². The molecule has 1 spiro atoms. The maximum atomic E-state index is 13.7. The molecule has 35 heavy (non-hydrogen) atoms.